The molecule has 5 heteroatoms. The topological polar surface area (TPSA) is 62.7 Å². The second-order valence-corrected chi connectivity index (χ2v) is 6.47. The van der Waals surface area contributed by atoms with Gasteiger partial charge in [0.15, 0.2) is 0 Å². The standard InChI is InChI=1S/C22H21N5/c1-15-7-3-4-8-18(15)14-24-20-13-21(26-16(2)25-20)27-19-11-5-9-17-10-6-12-23-22(17)19/h3-13H,14H2,1-2H3,(H2,24,25,26,27). The minimum absolute atomic E-state index is 0.709. The Bertz CT molecular complexity index is 1090. The van der Waals surface area contributed by atoms with E-state index >= 15 is 0 Å². The van der Waals surface area contributed by atoms with E-state index in [1.807, 2.05) is 49.4 Å². The van der Waals surface area contributed by atoms with Gasteiger partial charge < -0.3 is 10.6 Å². The molecule has 2 heterocycles. The number of aromatic nitrogens is 3. The van der Waals surface area contributed by atoms with Gasteiger partial charge >= 0.3 is 0 Å². The summed E-state index contributed by atoms with van der Waals surface area (Å²) in [4.78, 5) is 13.5. The highest BCUT2D eigenvalue weighted by molar-refractivity contribution is 5.91. The SMILES string of the molecule is Cc1nc(NCc2ccccc2C)cc(Nc2cccc3cccnc23)n1. The Kier molecular flexibility index (Phi) is 4.66. The highest BCUT2D eigenvalue weighted by atomic mass is 15.1. The van der Waals surface area contributed by atoms with Crippen LogP contribution in [0.2, 0.25) is 0 Å². The summed E-state index contributed by atoms with van der Waals surface area (Å²) in [5.74, 6) is 2.25. The molecule has 0 bridgehead atoms. The van der Waals surface area contributed by atoms with E-state index in [9.17, 15) is 0 Å². The predicted molar refractivity (Wildman–Crippen MR) is 110 cm³/mol. The molecule has 0 unspecified atom stereocenters. The maximum Gasteiger partial charge on any atom is 0.136 e. The number of anilines is 3. The van der Waals surface area contributed by atoms with Crippen LogP contribution in [0.5, 0.6) is 0 Å². The van der Waals surface area contributed by atoms with Crippen molar-refractivity contribution in [2.45, 2.75) is 20.4 Å². The summed E-state index contributed by atoms with van der Waals surface area (Å²) in [5.41, 5.74) is 4.36. The minimum atomic E-state index is 0.709. The van der Waals surface area contributed by atoms with Gasteiger partial charge in [-0.05, 0) is 37.1 Å². The molecule has 2 aromatic carbocycles. The van der Waals surface area contributed by atoms with E-state index in [0.717, 1.165) is 34.8 Å². The highest BCUT2D eigenvalue weighted by Crippen LogP contribution is 2.24. The van der Waals surface area contributed by atoms with Gasteiger partial charge in [-0.2, -0.15) is 0 Å². The number of pyridine rings is 1. The number of nitrogens with zero attached hydrogens (tertiary/aromatic N) is 3. The van der Waals surface area contributed by atoms with Gasteiger partial charge in [-0.3, -0.25) is 4.98 Å². The Labute approximate surface area is 158 Å². The van der Waals surface area contributed by atoms with Crippen LogP contribution in [-0.2, 0) is 6.54 Å². The van der Waals surface area contributed by atoms with Crippen LogP contribution in [0.4, 0.5) is 17.3 Å². The van der Waals surface area contributed by atoms with Gasteiger partial charge in [-0.15, -0.1) is 0 Å². The summed E-state index contributed by atoms with van der Waals surface area (Å²) < 4.78 is 0. The van der Waals surface area contributed by atoms with Crippen molar-refractivity contribution in [3.05, 3.63) is 83.8 Å². The number of benzene rings is 2. The molecule has 0 aliphatic rings. The van der Waals surface area contributed by atoms with E-state index in [1.54, 1.807) is 6.20 Å². The lowest BCUT2D eigenvalue weighted by atomic mass is 10.1. The third-order valence-corrected chi connectivity index (χ3v) is 4.45. The zero-order valence-corrected chi connectivity index (χ0v) is 15.4. The molecule has 4 aromatic rings. The second kappa shape index (κ2) is 7.41. The molecule has 0 atom stereocenters. The first-order chi connectivity index (χ1) is 13.2. The van der Waals surface area contributed by atoms with Gasteiger partial charge in [0.2, 0.25) is 0 Å². The quantitative estimate of drug-likeness (QED) is 0.528. The van der Waals surface area contributed by atoms with Crippen molar-refractivity contribution >= 4 is 28.2 Å². The van der Waals surface area contributed by atoms with Crippen molar-refractivity contribution in [1.29, 1.82) is 0 Å². The molecule has 134 valence electrons. The number of hydrogen-bond acceptors (Lipinski definition) is 5. The number of rotatable bonds is 5. The van der Waals surface area contributed by atoms with Crippen molar-refractivity contribution in [2.75, 3.05) is 10.6 Å². The summed E-state index contributed by atoms with van der Waals surface area (Å²) in [6.45, 7) is 4.73. The molecule has 2 aromatic heterocycles. The fraction of sp³-hybridized carbons (Fsp3) is 0.136. The van der Waals surface area contributed by atoms with E-state index < -0.39 is 0 Å². The first kappa shape index (κ1) is 17.0. The molecule has 0 amide bonds. The summed E-state index contributed by atoms with van der Waals surface area (Å²) in [6, 6.07) is 20.3. The largest absolute Gasteiger partial charge is 0.366 e. The highest BCUT2D eigenvalue weighted by Gasteiger charge is 2.06. The number of nitrogens with one attached hydrogen (secondary N) is 2. The fourth-order valence-electron chi connectivity index (χ4n) is 3.06. The summed E-state index contributed by atoms with van der Waals surface area (Å²) in [5, 5.41) is 7.87. The molecule has 0 saturated carbocycles. The molecule has 4 rings (SSSR count). The van der Waals surface area contributed by atoms with Crippen LogP contribution in [-0.4, -0.2) is 15.0 Å². The summed E-state index contributed by atoms with van der Waals surface area (Å²) >= 11 is 0. The third-order valence-electron chi connectivity index (χ3n) is 4.45. The average Bonchev–Trinajstić information content (AvgIpc) is 2.67. The third kappa shape index (κ3) is 3.87. The van der Waals surface area contributed by atoms with Gasteiger partial charge in [0.25, 0.3) is 0 Å². The number of hydrogen-bond donors (Lipinski definition) is 2. The van der Waals surface area contributed by atoms with Gasteiger partial charge in [-0.25, -0.2) is 9.97 Å². The van der Waals surface area contributed by atoms with Gasteiger partial charge in [0.1, 0.15) is 17.5 Å². The smallest absolute Gasteiger partial charge is 0.136 e. The van der Waals surface area contributed by atoms with Crippen LogP contribution >= 0.6 is 0 Å². The lowest BCUT2D eigenvalue weighted by molar-refractivity contribution is 1.02. The van der Waals surface area contributed by atoms with E-state index in [4.69, 9.17) is 0 Å². The Morgan fingerprint density at radius 3 is 2.56 bits per heavy atom. The van der Waals surface area contributed by atoms with E-state index in [0.29, 0.717) is 5.82 Å². The number of fused-ring (bicyclic) bond motifs is 1. The van der Waals surface area contributed by atoms with E-state index in [-0.39, 0.29) is 0 Å². The molecule has 0 spiro atoms. The molecule has 2 N–H and O–H groups in total. The zero-order chi connectivity index (χ0) is 18.6. The van der Waals surface area contributed by atoms with Gasteiger partial charge in [-0.1, -0.05) is 42.5 Å². The molecule has 0 saturated heterocycles. The van der Waals surface area contributed by atoms with Crippen molar-refractivity contribution in [2.24, 2.45) is 0 Å². The van der Waals surface area contributed by atoms with E-state index in [1.165, 1.54) is 11.1 Å². The Balaban J connectivity index is 1.58. The summed E-state index contributed by atoms with van der Waals surface area (Å²) in [7, 11) is 0. The monoisotopic (exact) mass is 355 g/mol. The lowest BCUT2D eigenvalue weighted by Crippen LogP contribution is -2.06. The molecule has 0 fully saturated rings. The minimum Gasteiger partial charge on any atom is -0.366 e. The molecule has 0 radical (unpaired) electrons. The normalized spacial score (nSPS) is 10.7. The molecular formula is C22H21N5. The van der Waals surface area contributed by atoms with Crippen molar-refractivity contribution in [3.8, 4) is 0 Å². The second-order valence-electron chi connectivity index (χ2n) is 6.47. The number of aryl methyl sites for hydroxylation is 2. The van der Waals surface area contributed by atoms with Crippen LogP contribution in [0.1, 0.15) is 17.0 Å². The maximum atomic E-state index is 4.52. The molecule has 0 aliphatic heterocycles. The van der Waals surface area contributed by atoms with Crippen LogP contribution in [0.3, 0.4) is 0 Å². The molecule has 27 heavy (non-hydrogen) atoms. The van der Waals surface area contributed by atoms with Crippen molar-refractivity contribution < 1.29 is 0 Å². The Morgan fingerprint density at radius 2 is 1.67 bits per heavy atom. The molecule has 5 nitrogen and oxygen atoms in total. The van der Waals surface area contributed by atoms with Crippen LogP contribution < -0.4 is 10.6 Å². The maximum absolute atomic E-state index is 4.52. The Morgan fingerprint density at radius 1 is 0.852 bits per heavy atom. The van der Waals surface area contributed by atoms with Crippen LogP contribution in [0.25, 0.3) is 10.9 Å². The first-order valence-electron chi connectivity index (χ1n) is 8.94. The van der Waals surface area contributed by atoms with E-state index in [2.05, 4.69) is 50.7 Å². The Hall–Kier alpha value is -3.47. The molecule has 0 aliphatic carbocycles. The lowest BCUT2D eigenvalue weighted by Gasteiger charge is -2.12. The van der Waals surface area contributed by atoms with Gasteiger partial charge in [0.05, 0.1) is 11.2 Å². The fourth-order valence-corrected chi connectivity index (χ4v) is 3.06. The van der Waals surface area contributed by atoms with Crippen LogP contribution in [0, 0.1) is 13.8 Å². The van der Waals surface area contributed by atoms with Gasteiger partial charge in [0, 0.05) is 24.2 Å². The zero-order valence-electron chi connectivity index (χ0n) is 15.4. The summed E-state index contributed by atoms with van der Waals surface area (Å²) in [6.07, 6.45) is 1.80. The van der Waals surface area contributed by atoms with Crippen LogP contribution in [0.15, 0.2) is 66.9 Å². The van der Waals surface area contributed by atoms with Crippen molar-refractivity contribution in [3.63, 3.8) is 0 Å². The number of para-hydroxylation sites is 1. The molecular weight excluding hydrogens is 334 g/mol. The van der Waals surface area contributed by atoms with Crippen molar-refractivity contribution in [1.82, 2.24) is 15.0 Å². The first-order valence-corrected chi connectivity index (χ1v) is 8.94. The average molecular weight is 355 g/mol. The predicted octanol–water partition coefficient (Wildman–Crippen LogP) is 5.00.